The van der Waals surface area contributed by atoms with Gasteiger partial charge in [0.1, 0.15) is 0 Å². The number of rotatable bonds is 2. The lowest BCUT2D eigenvalue weighted by molar-refractivity contribution is 1.10. The van der Waals surface area contributed by atoms with Gasteiger partial charge in [-0.15, -0.1) is 0 Å². The normalized spacial score (nSPS) is 9.87. The largest absolute Gasteiger partial charge is 0.375 e. The number of thiocarbonyl (C=S) groups is 1. The van der Waals surface area contributed by atoms with Crippen molar-refractivity contribution < 1.29 is 0 Å². The van der Waals surface area contributed by atoms with Gasteiger partial charge in [0.2, 0.25) is 0 Å². The molecule has 0 atom stereocenters. The molecule has 0 saturated heterocycles. The predicted octanol–water partition coefficient (Wildman–Crippen LogP) is 1.39. The van der Waals surface area contributed by atoms with E-state index in [4.69, 9.17) is 18.0 Å². The molecule has 0 unspecified atom stereocenters. The number of anilines is 1. The molecule has 5 heteroatoms. The number of hydrogen-bond donors (Lipinski definition) is 3. The Hall–Kier alpha value is -1.88. The molecule has 4 N–H and O–H groups in total. The second kappa shape index (κ2) is 4.10. The first kappa shape index (κ1) is 9.67. The Kier molecular flexibility index (Phi) is 2.64. The van der Waals surface area contributed by atoms with Gasteiger partial charge < -0.3 is 5.73 Å². The number of aromatic nitrogens is 1. The van der Waals surface area contributed by atoms with Gasteiger partial charge in [-0.1, -0.05) is 24.3 Å². The second-order valence-corrected chi connectivity index (χ2v) is 3.43. The number of nitrogens with one attached hydrogen (secondary N) is 2. The Bertz CT molecular complexity index is 492. The average molecular weight is 218 g/mol. The van der Waals surface area contributed by atoms with E-state index in [1.54, 1.807) is 6.20 Å². The number of benzene rings is 1. The Balaban J connectivity index is 2.38. The minimum atomic E-state index is 0.185. The predicted molar refractivity (Wildman–Crippen MR) is 65.3 cm³/mol. The number of hydrazine groups is 1. The zero-order valence-corrected chi connectivity index (χ0v) is 8.71. The van der Waals surface area contributed by atoms with E-state index >= 15 is 0 Å². The van der Waals surface area contributed by atoms with Crippen molar-refractivity contribution in [2.24, 2.45) is 5.73 Å². The highest BCUT2D eigenvalue weighted by Gasteiger charge is 1.99. The molecule has 4 nitrogen and oxygen atoms in total. The van der Waals surface area contributed by atoms with Gasteiger partial charge in [0.15, 0.2) is 10.9 Å². The van der Waals surface area contributed by atoms with E-state index in [1.807, 2.05) is 30.3 Å². The first-order valence-corrected chi connectivity index (χ1v) is 4.83. The second-order valence-electron chi connectivity index (χ2n) is 2.99. The zero-order valence-electron chi connectivity index (χ0n) is 7.90. The topological polar surface area (TPSA) is 63.0 Å². The fourth-order valence-corrected chi connectivity index (χ4v) is 1.39. The minimum absolute atomic E-state index is 0.185. The molecule has 76 valence electrons. The van der Waals surface area contributed by atoms with Crippen LogP contribution < -0.4 is 16.6 Å². The fourth-order valence-electron chi connectivity index (χ4n) is 1.34. The molecule has 0 aliphatic carbocycles. The summed E-state index contributed by atoms with van der Waals surface area (Å²) in [4.78, 5) is 4.19. The summed E-state index contributed by atoms with van der Waals surface area (Å²) in [6, 6.07) is 9.87. The number of pyridine rings is 1. The highest BCUT2D eigenvalue weighted by atomic mass is 32.1. The molecule has 0 fully saturated rings. The molecule has 0 saturated carbocycles. The highest BCUT2D eigenvalue weighted by Crippen LogP contribution is 2.19. The lowest BCUT2D eigenvalue weighted by atomic mass is 10.2. The third-order valence-corrected chi connectivity index (χ3v) is 2.08. The van der Waals surface area contributed by atoms with Crippen molar-refractivity contribution in [3.05, 3.63) is 36.5 Å². The summed E-state index contributed by atoms with van der Waals surface area (Å²) in [6.45, 7) is 0. The van der Waals surface area contributed by atoms with E-state index in [1.165, 1.54) is 0 Å². The van der Waals surface area contributed by atoms with E-state index in [0.717, 1.165) is 10.8 Å². The van der Waals surface area contributed by atoms with Crippen LogP contribution in [0.4, 0.5) is 5.82 Å². The molecular formula is C10H10N4S. The highest BCUT2D eigenvalue weighted by molar-refractivity contribution is 7.80. The SMILES string of the molecule is NC(=S)NNc1nccc2ccccc12. The van der Waals surface area contributed by atoms with Crippen LogP contribution in [0.1, 0.15) is 0 Å². The first-order chi connectivity index (χ1) is 7.27. The van der Waals surface area contributed by atoms with Gasteiger partial charge in [0, 0.05) is 11.6 Å². The maximum atomic E-state index is 5.31. The zero-order chi connectivity index (χ0) is 10.7. The van der Waals surface area contributed by atoms with E-state index < -0.39 is 0 Å². The fraction of sp³-hybridized carbons (Fsp3) is 0. The first-order valence-electron chi connectivity index (χ1n) is 4.42. The van der Waals surface area contributed by atoms with Crippen molar-refractivity contribution in [3.63, 3.8) is 0 Å². The van der Waals surface area contributed by atoms with Crippen LogP contribution >= 0.6 is 12.2 Å². The van der Waals surface area contributed by atoms with Crippen molar-refractivity contribution in [2.75, 3.05) is 5.43 Å². The Morgan fingerprint density at radius 2 is 2.07 bits per heavy atom. The van der Waals surface area contributed by atoms with E-state index in [-0.39, 0.29) is 5.11 Å². The van der Waals surface area contributed by atoms with E-state index in [0.29, 0.717) is 5.82 Å². The quantitative estimate of drug-likeness (QED) is 0.525. The Morgan fingerprint density at radius 1 is 1.27 bits per heavy atom. The summed E-state index contributed by atoms with van der Waals surface area (Å²) in [6.07, 6.45) is 1.73. The average Bonchev–Trinajstić information content (AvgIpc) is 2.26. The number of fused-ring (bicyclic) bond motifs is 1. The van der Waals surface area contributed by atoms with Crippen molar-refractivity contribution in [2.45, 2.75) is 0 Å². The van der Waals surface area contributed by atoms with Crippen LogP contribution in [0.15, 0.2) is 36.5 Å². The van der Waals surface area contributed by atoms with Gasteiger partial charge in [-0.2, -0.15) is 0 Å². The van der Waals surface area contributed by atoms with Crippen LogP contribution in [0.5, 0.6) is 0 Å². The van der Waals surface area contributed by atoms with Crippen molar-refractivity contribution in [1.82, 2.24) is 10.4 Å². The van der Waals surface area contributed by atoms with Crippen LogP contribution in [0.2, 0.25) is 0 Å². The molecule has 0 spiro atoms. The van der Waals surface area contributed by atoms with Gasteiger partial charge in [-0.3, -0.25) is 10.9 Å². The summed E-state index contributed by atoms with van der Waals surface area (Å²) in [5.41, 5.74) is 10.8. The molecule has 1 aromatic carbocycles. The van der Waals surface area contributed by atoms with Gasteiger partial charge in [0.25, 0.3) is 0 Å². The van der Waals surface area contributed by atoms with E-state index in [9.17, 15) is 0 Å². The Morgan fingerprint density at radius 3 is 2.87 bits per heavy atom. The monoisotopic (exact) mass is 218 g/mol. The van der Waals surface area contributed by atoms with Gasteiger partial charge in [-0.25, -0.2) is 4.98 Å². The van der Waals surface area contributed by atoms with Crippen molar-refractivity contribution >= 4 is 33.9 Å². The van der Waals surface area contributed by atoms with Crippen LogP contribution in [-0.4, -0.2) is 10.1 Å². The molecule has 0 aliphatic rings. The van der Waals surface area contributed by atoms with Crippen LogP contribution in [-0.2, 0) is 0 Å². The maximum Gasteiger partial charge on any atom is 0.182 e. The van der Waals surface area contributed by atoms with Crippen molar-refractivity contribution in [1.29, 1.82) is 0 Å². The molecule has 15 heavy (non-hydrogen) atoms. The molecule has 2 rings (SSSR count). The third kappa shape index (κ3) is 2.13. The van der Waals surface area contributed by atoms with Gasteiger partial charge in [0.05, 0.1) is 0 Å². The molecule has 0 aliphatic heterocycles. The standard InChI is InChI=1S/C10H10N4S/c11-10(15)14-13-9-8-4-2-1-3-7(8)5-6-12-9/h1-6H,(H,12,13)(H3,11,14,15). The maximum absolute atomic E-state index is 5.31. The smallest absolute Gasteiger partial charge is 0.182 e. The molecule has 2 aromatic rings. The number of nitrogens with zero attached hydrogens (tertiary/aromatic N) is 1. The molecular weight excluding hydrogens is 208 g/mol. The number of hydrogen-bond acceptors (Lipinski definition) is 3. The molecule has 1 heterocycles. The van der Waals surface area contributed by atoms with Crippen molar-refractivity contribution in [3.8, 4) is 0 Å². The molecule has 0 bridgehead atoms. The summed E-state index contributed by atoms with van der Waals surface area (Å²) in [5.74, 6) is 0.709. The lowest BCUT2D eigenvalue weighted by Crippen LogP contribution is -2.34. The van der Waals surface area contributed by atoms with Gasteiger partial charge in [-0.05, 0) is 23.7 Å². The van der Waals surface area contributed by atoms with Crippen LogP contribution in [0, 0.1) is 0 Å². The summed E-state index contributed by atoms with van der Waals surface area (Å²) < 4.78 is 0. The van der Waals surface area contributed by atoms with Crippen LogP contribution in [0.25, 0.3) is 10.8 Å². The Labute approximate surface area is 92.5 Å². The van der Waals surface area contributed by atoms with Gasteiger partial charge >= 0.3 is 0 Å². The summed E-state index contributed by atoms with van der Waals surface area (Å²) >= 11 is 4.69. The molecule has 0 amide bonds. The summed E-state index contributed by atoms with van der Waals surface area (Å²) in [5, 5.41) is 2.31. The molecule has 1 aromatic heterocycles. The minimum Gasteiger partial charge on any atom is -0.375 e. The molecule has 0 radical (unpaired) electrons. The van der Waals surface area contributed by atoms with Crippen LogP contribution in [0.3, 0.4) is 0 Å². The third-order valence-electron chi connectivity index (χ3n) is 1.98. The van der Waals surface area contributed by atoms with E-state index in [2.05, 4.69) is 15.8 Å². The number of nitrogens with two attached hydrogens (primary N) is 1. The summed E-state index contributed by atoms with van der Waals surface area (Å²) in [7, 11) is 0. The lowest BCUT2D eigenvalue weighted by Gasteiger charge is -2.08.